The van der Waals surface area contributed by atoms with E-state index in [0.717, 1.165) is 21.6 Å². The lowest BCUT2D eigenvalue weighted by atomic mass is 9.73. The number of para-hydroxylation sites is 1. The highest BCUT2D eigenvalue weighted by Gasteiger charge is 2.47. The van der Waals surface area contributed by atoms with Gasteiger partial charge in [-0.05, 0) is 31.5 Å². The lowest BCUT2D eigenvalue weighted by molar-refractivity contribution is -0.164. The number of β-amino-alcohol motifs (C(OH)–C–C–N with tert-alkyl or cyclic N) is 1. The highest BCUT2D eigenvalue weighted by Crippen LogP contribution is 2.37. The molecule has 5 nitrogen and oxygen atoms in total. The molecule has 1 aliphatic heterocycles. The van der Waals surface area contributed by atoms with Crippen molar-refractivity contribution in [3.8, 4) is 0 Å². The van der Waals surface area contributed by atoms with Crippen molar-refractivity contribution in [2.45, 2.75) is 38.8 Å². The van der Waals surface area contributed by atoms with Crippen molar-refractivity contribution in [3.05, 3.63) is 29.3 Å². The summed E-state index contributed by atoms with van der Waals surface area (Å²) in [5.74, 6) is -0.869. The second-order valence-corrected chi connectivity index (χ2v) is 7.40. The maximum Gasteiger partial charge on any atom is 0.312 e. The summed E-state index contributed by atoms with van der Waals surface area (Å²) in [6, 6.07) is 8.03. The van der Waals surface area contributed by atoms with Crippen LogP contribution in [0.5, 0.6) is 0 Å². The lowest BCUT2D eigenvalue weighted by Gasteiger charge is -2.42. The zero-order chi connectivity index (χ0) is 16.4. The van der Waals surface area contributed by atoms with E-state index in [9.17, 15) is 15.0 Å². The van der Waals surface area contributed by atoms with Crippen molar-refractivity contribution >= 4 is 27.5 Å². The SMILES string of the molecule is CCC[C@]1(C(=O)O)CCN(Cc2nc3ccccc3s2)C[C@@H]1O. The first-order chi connectivity index (χ1) is 11.0. The molecule has 3 rings (SSSR count). The molecule has 2 atom stereocenters. The van der Waals surface area contributed by atoms with E-state index >= 15 is 0 Å². The smallest absolute Gasteiger partial charge is 0.312 e. The molecule has 0 aliphatic carbocycles. The molecule has 0 unspecified atom stereocenters. The fourth-order valence-electron chi connectivity index (χ4n) is 3.45. The molecule has 0 saturated carbocycles. The van der Waals surface area contributed by atoms with Crippen LogP contribution >= 0.6 is 11.3 Å². The molecule has 2 aromatic rings. The van der Waals surface area contributed by atoms with Crippen LogP contribution in [0.4, 0.5) is 0 Å². The first-order valence-electron chi connectivity index (χ1n) is 8.03. The van der Waals surface area contributed by atoms with Gasteiger partial charge < -0.3 is 10.2 Å². The third kappa shape index (κ3) is 3.11. The standard InChI is InChI=1S/C17H22N2O3S/c1-2-7-17(16(21)22)8-9-19(10-14(17)20)11-15-18-12-5-3-4-6-13(12)23-15/h3-6,14,20H,2,7-11H2,1H3,(H,21,22)/t14-,17-/m0/s1. The Kier molecular flexibility index (Phi) is 4.66. The van der Waals surface area contributed by atoms with Gasteiger partial charge in [0.2, 0.25) is 0 Å². The highest BCUT2D eigenvalue weighted by atomic mass is 32.1. The number of aliphatic carboxylic acids is 1. The molecule has 0 radical (unpaired) electrons. The third-order valence-electron chi connectivity index (χ3n) is 4.76. The summed E-state index contributed by atoms with van der Waals surface area (Å²) in [5.41, 5.74) is 0.00897. The summed E-state index contributed by atoms with van der Waals surface area (Å²) in [5, 5.41) is 21.1. The Balaban J connectivity index is 1.71. The fraction of sp³-hybridized carbons (Fsp3) is 0.529. The van der Waals surface area contributed by atoms with Crippen molar-refractivity contribution in [1.82, 2.24) is 9.88 Å². The van der Waals surface area contributed by atoms with Crippen LogP contribution in [0.1, 0.15) is 31.2 Å². The zero-order valence-corrected chi connectivity index (χ0v) is 14.1. The minimum atomic E-state index is -0.987. The number of nitrogens with zero attached hydrogens (tertiary/aromatic N) is 2. The largest absolute Gasteiger partial charge is 0.481 e. The predicted octanol–water partition coefficient (Wildman–Crippen LogP) is 2.73. The third-order valence-corrected chi connectivity index (χ3v) is 5.78. The van der Waals surface area contributed by atoms with Crippen LogP contribution < -0.4 is 0 Å². The summed E-state index contributed by atoms with van der Waals surface area (Å²) in [6.07, 6.45) is 0.949. The molecule has 1 fully saturated rings. The number of aliphatic hydroxyl groups is 1. The number of aliphatic hydroxyl groups excluding tert-OH is 1. The van der Waals surface area contributed by atoms with Gasteiger partial charge in [-0.3, -0.25) is 9.69 Å². The molecule has 0 bridgehead atoms. The van der Waals surface area contributed by atoms with Gasteiger partial charge in [0.1, 0.15) is 5.01 Å². The highest BCUT2D eigenvalue weighted by molar-refractivity contribution is 7.18. The van der Waals surface area contributed by atoms with Crippen molar-refractivity contribution in [2.24, 2.45) is 5.41 Å². The molecule has 1 aromatic carbocycles. The molecule has 0 spiro atoms. The van der Waals surface area contributed by atoms with Crippen molar-refractivity contribution in [3.63, 3.8) is 0 Å². The molecule has 6 heteroatoms. The van der Waals surface area contributed by atoms with Crippen LogP contribution in [0.2, 0.25) is 0 Å². The molecule has 1 aliphatic rings. The number of hydrogen-bond donors (Lipinski definition) is 2. The molecular formula is C17H22N2O3S. The van der Waals surface area contributed by atoms with Gasteiger partial charge in [0, 0.05) is 6.54 Å². The summed E-state index contributed by atoms with van der Waals surface area (Å²) < 4.78 is 1.16. The average molecular weight is 334 g/mol. The van der Waals surface area contributed by atoms with E-state index in [-0.39, 0.29) is 0 Å². The monoisotopic (exact) mass is 334 g/mol. The van der Waals surface area contributed by atoms with Crippen LogP contribution in [0.3, 0.4) is 0 Å². The van der Waals surface area contributed by atoms with E-state index in [1.165, 1.54) is 0 Å². The number of rotatable bonds is 5. The molecule has 1 aromatic heterocycles. The maximum absolute atomic E-state index is 11.7. The topological polar surface area (TPSA) is 73.7 Å². The molecule has 124 valence electrons. The van der Waals surface area contributed by atoms with Crippen molar-refractivity contribution < 1.29 is 15.0 Å². The van der Waals surface area contributed by atoms with Crippen molar-refractivity contribution in [2.75, 3.05) is 13.1 Å². The van der Waals surface area contributed by atoms with E-state index in [1.54, 1.807) is 11.3 Å². The van der Waals surface area contributed by atoms with Gasteiger partial charge in [-0.1, -0.05) is 25.5 Å². The number of hydrogen-bond acceptors (Lipinski definition) is 5. The fourth-order valence-corrected chi connectivity index (χ4v) is 4.46. The Hall–Kier alpha value is -1.50. The van der Waals surface area contributed by atoms with Gasteiger partial charge in [0.05, 0.1) is 28.3 Å². The number of carboxylic acids is 1. The van der Waals surface area contributed by atoms with E-state index in [1.807, 2.05) is 25.1 Å². The number of carboxylic acid groups (broad SMARTS) is 1. The number of fused-ring (bicyclic) bond motifs is 1. The van der Waals surface area contributed by atoms with Crippen LogP contribution in [0, 0.1) is 5.41 Å². The lowest BCUT2D eigenvalue weighted by Crippen LogP contribution is -2.54. The molecule has 0 amide bonds. The van der Waals surface area contributed by atoms with E-state index in [4.69, 9.17) is 0 Å². The number of carbonyl (C=O) groups is 1. The van der Waals surface area contributed by atoms with Gasteiger partial charge in [0.15, 0.2) is 0 Å². The van der Waals surface area contributed by atoms with Gasteiger partial charge in [0.25, 0.3) is 0 Å². The summed E-state index contributed by atoms with van der Waals surface area (Å²) in [4.78, 5) is 18.4. The zero-order valence-electron chi connectivity index (χ0n) is 13.2. The van der Waals surface area contributed by atoms with Crippen LogP contribution in [-0.2, 0) is 11.3 Å². The number of likely N-dealkylation sites (tertiary alicyclic amines) is 1. The number of piperidine rings is 1. The van der Waals surface area contributed by atoms with Crippen LogP contribution in [0.25, 0.3) is 10.2 Å². The minimum absolute atomic E-state index is 0.391. The Morgan fingerprint density at radius 2 is 2.26 bits per heavy atom. The van der Waals surface area contributed by atoms with Gasteiger partial charge in [-0.25, -0.2) is 4.98 Å². The second kappa shape index (κ2) is 6.55. The number of benzene rings is 1. The Labute approximate surface area is 139 Å². The molecule has 2 heterocycles. The summed E-state index contributed by atoms with van der Waals surface area (Å²) >= 11 is 1.66. The number of aromatic nitrogens is 1. The number of thiazole rings is 1. The van der Waals surface area contributed by atoms with Gasteiger partial charge in [-0.2, -0.15) is 0 Å². The first kappa shape index (κ1) is 16.4. The molecule has 23 heavy (non-hydrogen) atoms. The Morgan fingerprint density at radius 1 is 1.48 bits per heavy atom. The molecule has 1 saturated heterocycles. The summed E-state index contributed by atoms with van der Waals surface area (Å²) in [6.45, 7) is 3.70. The maximum atomic E-state index is 11.7. The van der Waals surface area contributed by atoms with Crippen molar-refractivity contribution in [1.29, 1.82) is 0 Å². The quantitative estimate of drug-likeness (QED) is 0.879. The molecule has 2 N–H and O–H groups in total. The average Bonchev–Trinajstić information content (AvgIpc) is 2.92. The van der Waals surface area contributed by atoms with E-state index in [2.05, 4.69) is 16.0 Å². The molecular weight excluding hydrogens is 312 g/mol. The van der Waals surface area contributed by atoms with Crippen LogP contribution in [-0.4, -0.2) is 45.3 Å². The normalized spacial score (nSPS) is 25.7. The van der Waals surface area contributed by atoms with Gasteiger partial charge >= 0.3 is 5.97 Å². The first-order valence-corrected chi connectivity index (χ1v) is 8.85. The predicted molar refractivity (Wildman–Crippen MR) is 90.5 cm³/mol. The van der Waals surface area contributed by atoms with Crippen LogP contribution in [0.15, 0.2) is 24.3 Å². The Morgan fingerprint density at radius 3 is 2.91 bits per heavy atom. The Bertz CT molecular complexity index is 669. The second-order valence-electron chi connectivity index (χ2n) is 6.29. The minimum Gasteiger partial charge on any atom is -0.481 e. The van der Waals surface area contributed by atoms with E-state index in [0.29, 0.717) is 32.5 Å². The van der Waals surface area contributed by atoms with Gasteiger partial charge in [-0.15, -0.1) is 11.3 Å². The van der Waals surface area contributed by atoms with E-state index < -0.39 is 17.5 Å². The summed E-state index contributed by atoms with van der Waals surface area (Å²) in [7, 11) is 0.